The van der Waals surface area contributed by atoms with Crippen molar-refractivity contribution in [2.24, 2.45) is 0 Å². The smallest absolute Gasteiger partial charge is 0.171 e. The van der Waals surface area contributed by atoms with E-state index in [4.69, 9.17) is 28.6 Å². The number of hydrogen-bond acceptors (Lipinski definition) is 3. The van der Waals surface area contributed by atoms with Crippen LogP contribution in [0.2, 0.25) is 5.02 Å². The summed E-state index contributed by atoms with van der Waals surface area (Å²) in [5.41, 5.74) is 3.82. The first-order valence-corrected chi connectivity index (χ1v) is 9.70. The summed E-state index contributed by atoms with van der Waals surface area (Å²) >= 11 is 11.2. The first-order chi connectivity index (χ1) is 13.1. The molecule has 1 heterocycles. The molecule has 1 unspecified atom stereocenters. The van der Waals surface area contributed by atoms with Crippen LogP contribution in [0.1, 0.15) is 36.4 Å². The molecule has 4 nitrogen and oxygen atoms in total. The summed E-state index contributed by atoms with van der Waals surface area (Å²) in [5.74, 6) is 0.959. The molecule has 2 aromatic rings. The Kier molecular flexibility index (Phi) is 5.14. The molecule has 27 heavy (non-hydrogen) atoms. The Labute approximate surface area is 168 Å². The van der Waals surface area contributed by atoms with Crippen LogP contribution in [0, 0.1) is 0 Å². The second kappa shape index (κ2) is 7.71. The van der Waals surface area contributed by atoms with E-state index in [1.807, 2.05) is 48.5 Å². The summed E-state index contributed by atoms with van der Waals surface area (Å²) in [6, 6.07) is 15.2. The zero-order valence-electron chi connectivity index (χ0n) is 14.6. The number of nitrogens with one attached hydrogen (secondary N) is 2. The topological polar surface area (TPSA) is 50.4 Å². The average molecular weight is 399 g/mol. The third kappa shape index (κ3) is 3.99. The highest BCUT2D eigenvalue weighted by Gasteiger charge is 2.33. The van der Waals surface area contributed by atoms with Gasteiger partial charge in [-0.1, -0.05) is 35.9 Å². The van der Waals surface area contributed by atoms with E-state index < -0.39 is 0 Å². The summed E-state index contributed by atoms with van der Waals surface area (Å²) in [5, 5.41) is 7.66. The Hall–Kier alpha value is -2.37. The molecule has 1 aliphatic carbocycles. The molecule has 0 amide bonds. The maximum Gasteiger partial charge on any atom is 0.171 e. The molecule has 1 atom stereocenters. The Morgan fingerprint density at radius 2 is 1.81 bits per heavy atom. The molecule has 2 aromatic carbocycles. The molecule has 6 heteroatoms. The van der Waals surface area contributed by atoms with Crippen LogP contribution in [0.25, 0.3) is 0 Å². The van der Waals surface area contributed by atoms with Crippen LogP contribution in [0.4, 0.5) is 0 Å². The molecule has 0 spiro atoms. The van der Waals surface area contributed by atoms with Crippen LogP contribution in [0.3, 0.4) is 0 Å². The molecule has 0 fully saturated rings. The average Bonchev–Trinajstić information content (AvgIpc) is 2.67. The summed E-state index contributed by atoms with van der Waals surface area (Å²) in [4.78, 5) is 12.5. The fourth-order valence-corrected chi connectivity index (χ4v) is 3.83. The van der Waals surface area contributed by atoms with Gasteiger partial charge in [-0.2, -0.15) is 0 Å². The highest BCUT2D eigenvalue weighted by molar-refractivity contribution is 7.80. The molecular formula is C21H19ClN2O2S. The lowest BCUT2D eigenvalue weighted by Crippen LogP contribution is -2.46. The SMILES string of the molecule is O=C1CCCC2=C1C(c1ccc(OCc3ccc(Cl)cc3)cc1)NC(=S)N2. The van der Waals surface area contributed by atoms with Crippen LogP contribution in [-0.4, -0.2) is 10.9 Å². The zero-order chi connectivity index (χ0) is 18.8. The van der Waals surface area contributed by atoms with Gasteiger partial charge in [0.15, 0.2) is 10.9 Å². The zero-order valence-corrected chi connectivity index (χ0v) is 16.2. The molecule has 0 bridgehead atoms. The van der Waals surface area contributed by atoms with Gasteiger partial charge in [-0.05, 0) is 60.5 Å². The molecule has 138 valence electrons. The number of benzene rings is 2. The third-order valence-electron chi connectivity index (χ3n) is 4.82. The van der Waals surface area contributed by atoms with Gasteiger partial charge in [-0.15, -0.1) is 0 Å². The van der Waals surface area contributed by atoms with E-state index in [9.17, 15) is 4.79 Å². The van der Waals surface area contributed by atoms with Gasteiger partial charge in [0.1, 0.15) is 12.4 Å². The van der Waals surface area contributed by atoms with Crippen molar-refractivity contribution in [1.29, 1.82) is 0 Å². The highest BCUT2D eigenvalue weighted by Crippen LogP contribution is 2.34. The number of thiocarbonyl (C=S) groups is 1. The van der Waals surface area contributed by atoms with Crippen molar-refractivity contribution in [3.63, 3.8) is 0 Å². The van der Waals surface area contributed by atoms with Gasteiger partial charge < -0.3 is 15.4 Å². The predicted octanol–water partition coefficient (Wildman–Crippen LogP) is 4.44. The summed E-state index contributed by atoms with van der Waals surface area (Å²) in [6.45, 7) is 0.472. The predicted molar refractivity (Wildman–Crippen MR) is 110 cm³/mol. The number of ether oxygens (including phenoxy) is 1. The number of carbonyl (C=O) groups excluding carboxylic acids is 1. The number of ketones is 1. The van der Waals surface area contributed by atoms with Crippen molar-refractivity contribution in [1.82, 2.24) is 10.6 Å². The molecule has 0 radical (unpaired) electrons. The van der Waals surface area contributed by atoms with Gasteiger partial charge in [-0.25, -0.2) is 0 Å². The molecule has 0 saturated heterocycles. The van der Waals surface area contributed by atoms with Crippen LogP contribution < -0.4 is 15.4 Å². The third-order valence-corrected chi connectivity index (χ3v) is 5.29. The maximum absolute atomic E-state index is 12.5. The van der Waals surface area contributed by atoms with E-state index >= 15 is 0 Å². The second-order valence-corrected chi connectivity index (χ2v) is 7.53. The normalized spacial score (nSPS) is 19.2. The van der Waals surface area contributed by atoms with Crippen molar-refractivity contribution in [2.75, 3.05) is 0 Å². The van der Waals surface area contributed by atoms with Crippen LogP contribution in [0.15, 0.2) is 59.8 Å². The minimum absolute atomic E-state index is 0.187. The number of hydrogen-bond donors (Lipinski definition) is 2. The Morgan fingerprint density at radius 3 is 2.56 bits per heavy atom. The van der Waals surface area contributed by atoms with Crippen LogP contribution in [-0.2, 0) is 11.4 Å². The van der Waals surface area contributed by atoms with Gasteiger partial charge in [0.05, 0.1) is 6.04 Å². The van der Waals surface area contributed by atoms with Crippen LogP contribution >= 0.6 is 23.8 Å². The minimum atomic E-state index is -0.202. The van der Waals surface area contributed by atoms with E-state index in [2.05, 4.69) is 10.6 Å². The van der Waals surface area contributed by atoms with Crippen molar-refractivity contribution in [2.45, 2.75) is 31.9 Å². The summed E-state index contributed by atoms with van der Waals surface area (Å²) in [7, 11) is 0. The van der Waals surface area contributed by atoms with E-state index in [1.165, 1.54) is 0 Å². The van der Waals surface area contributed by atoms with Crippen molar-refractivity contribution in [3.05, 3.63) is 76.0 Å². The number of halogens is 1. The molecule has 0 saturated carbocycles. The highest BCUT2D eigenvalue weighted by atomic mass is 35.5. The number of Topliss-reactive ketones (excluding diaryl/α,β-unsaturated/α-hetero) is 1. The Bertz CT molecular complexity index is 907. The summed E-state index contributed by atoms with van der Waals surface area (Å²) < 4.78 is 5.84. The number of rotatable bonds is 4. The summed E-state index contributed by atoms with van der Waals surface area (Å²) in [6.07, 6.45) is 2.33. The quantitative estimate of drug-likeness (QED) is 0.745. The monoisotopic (exact) mass is 398 g/mol. The number of carbonyl (C=O) groups is 1. The first kappa shape index (κ1) is 18.0. The molecule has 1 aliphatic heterocycles. The van der Waals surface area contributed by atoms with Gasteiger partial charge >= 0.3 is 0 Å². The van der Waals surface area contributed by atoms with E-state index in [-0.39, 0.29) is 11.8 Å². The molecule has 2 N–H and O–H groups in total. The second-order valence-electron chi connectivity index (χ2n) is 6.68. The van der Waals surface area contributed by atoms with Gasteiger partial charge in [-0.3, -0.25) is 4.79 Å². The lowest BCUT2D eigenvalue weighted by atomic mass is 9.85. The van der Waals surface area contributed by atoms with E-state index in [1.54, 1.807) is 0 Å². The Balaban J connectivity index is 1.50. The largest absolute Gasteiger partial charge is 0.489 e. The minimum Gasteiger partial charge on any atom is -0.489 e. The van der Waals surface area contributed by atoms with Crippen molar-refractivity contribution < 1.29 is 9.53 Å². The van der Waals surface area contributed by atoms with Gasteiger partial charge in [0.25, 0.3) is 0 Å². The lowest BCUT2D eigenvalue weighted by Gasteiger charge is -2.33. The first-order valence-electron chi connectivity index (χ1n) is 8.91. The van der Waals surface area contributed by atoms with E-state index in [0.717, 1.165) is 41.0 Å². The van der Waals surface area contributed by atoms with Gasteiger partial charge in [0, 0.05) is 22.7 Å². The number of allylic oxidation sites excluding steroid dienone is 1. The van der Waals surface area contributed by atoms with Gasteiger partial charge in [0.2, 0.25) is 0 Å². The lowest BCUT2D eigenvalue weighted by molar-refractivity contribution is -0.116. The Morgan fingerprint density at radius 1 is 1.07 bits per heavy atom. The fourth-order valence-electron chi connectivity index (χ4n) is 3.46. The van der Waals surface area contributed by atoms with Crippen molar-refractivity contribution >= 4 is 34.7 Å². The van der Waals surface area contributed by atoms with E-state index in [0.29, 0.717) is 23.2 Å². The fraction of sp³-hybridized carbons (Fsp3) is 0.238. The maximum atomic E-state index is 12.5. The molecular weight excluding hydrogens is 380 g/mol. The standard InChI is InChI=1S/C21H19ClN2O2S/c22-15-8-4-13(5-9-15)12-26-16-10-6-14(7-11-16)20-19-17(23-21(27)24-20)2-1-3-18(19)25/h4-11,20H,1-3,12H2,(H2,23,24,27). The van der Waals surface area contributed by atoms with Crippen molar-refractivity contribution in [3.8, 4) is 5.75 Å². The molecule has 0 aromatic heterocycles. The van der Waals surface area contributed by atoms with Crippen LogP contribution in [0.5, 0.6) is 5.75 Å². The molecule has 2 aliphatic rings. The molecule has 4 rings (SSSR count).